The third-order valence-electron chi connectivity index (χ3n) is 6.50. The molecule has 1 saturated carbocycles. The molecule has 2 aliphatic carbocycles. The van der Waals surface area contributed by atoms with E-state index in [0.717, 1.165) is 29.5 Å². The molecule has 3 nitrogen and oxygen atoms in total. The molecule has 0 spiro atoms. The van der Waals surface area contributed by atoms with Gasteiger partial charge in [-0.1, -0.05) is 57.2 Å². The van der Waals surface area contributed by atoms with Gasteiger partial charge in [0.05, 0.1) is 0 Å². The summed E-state index contributed by atoms with van der Waals surface area (Å²) < 4.78 is 0. The lowest BCUT2D eigenvalue weighted by atomic mass is 9.79. The third kappa shape index (κ3) is 7.42. The van der Waals surface area contributed by atoms with Crippen molar-refractivity contribution >= 4 is 34.2 Å². The topological polar surface area (TPSA) is 48.2 Å². The van der Waals surface area contributed by atoms with Crippen LogP contribution in [0.15, 0.2) is 53.1 Å². The van der Waals surface area contributed by atoms with Crippen molar-refractivity contribution in [3.63, 3.8) is 0 Å². The molecule has 0 aromatic rings. The molecule has 2 N–H and O–H groups in total. The number of alkyl halides is 1. The molecule has 0 heterocycles. The number of amidine groups is 1. The second kappa shape index (κ2) is 11.3. The summed E-state index contributed by atoms with van der Waals surface area (Å²) in [6.45, 7) is 17.1. The summed E-state index contributed by atoms with van der Waals surface area (Å²) in [6.07, 6.45) is 12.5. The number of halogens is 2. The van der Waals surface area contributed by atoms with Crippen LogP contribution in [0.5, 0.6) is 0 Å². The number of hydrogen-bond acceptors (Lipinski definition) is 2. The van der Waals surface area contributed by atoms with E-state index in [1.165, 1.54) is 24.8 Å². The predicted octanol–water partition coefficient (Wildman–Crippen LogP) is 7.45. The molecule has 6 atom stereocenters. The molecule has 30 heavy (non-hydrogen) atoms. The Bertz CT molecular complexity index is 749. The molecule has 3 unspecified atom stereocenters. The standard InChI is InChI=1S/C25H37Cl2N3/c1-7-16(3)17(4)13-18(5)22(21-10-8-9-20-14-23(20)21)12-15(2)11-19(6)29-25(27)30-24(26)28/h7,10,12,16-18,20,23,25H,1-2,8-9,11,13-14H2,3-6H3,(H2,28,30)/b22-12+,29-19?/t16?,17-,18+,20?,23+,25?/m0/s1. The first kappa shape index (κ1) is 24.9. The van der Waals surface area contributed by atoms with E-state index in [4.69, 9.17) is 28.6 Å². The van der Waals surface area contributed by atoms with E-state index in [0.29, 0.717) is 24.2 Å². The van der Waals surface area contributed by atoms with Crippen LogP contribution < -0.4 is 5.32 Å². The Kier molecular flexibility index (Phi) is 9.43. The zero-order chi connectivity index (χ0) is 22.4. The lowest BCUT2D eigenvalue weighted by Gasteiger charge is -2.26. The Morgan fingerprint density at radius 3 is 2.73 bits per heavy atom. The smallest absolute Gasteiger partial charge is 0.196 e. The zero-order valence-corrected chi connectivity index (χ0v) is 20.4. The highest BCUT2D eigenvalue weighted by Crippen LogP contribution is 2.53. The number of aliphatic imine (C=N–C) groups is 1. The van der Waals surface area contributed by atoms with Gasteiger partial charge in [-0.15, -0.1) is 6.58 Å². The molecular weight excluding hydrogens is 413 g/mol. The average molecular weight is 450 g/mol. The summed E-state index contributed by atoms with van der Waals surface area (Å²) >= 11 is 11.6. The number of nitrogens with zero attached hydrogens (tertiary/aromatic N) is 1. The fraction of sp³-hybridized carbons (Fsp3) is 0.600. The van der Waals surface area contributed by atoms with E-state index in [-0.39, 0.29) is 5.29 Å². The minimum atomic E-state index is -0.736. The molecule has 2 rings (SSSR count). The normalized spacial score (nSPS) is 25.3. The molecule has 0 amide bonds. The molecule has 1 fully saturated rings. The van der Waals surface area contributed by atoms with E-state index in [1.54, 1.807) is 5.57 Å². The highest BCUT2D eigenvalue weighted by Gasteiger charge is 2.42. The van der Waals surface area contributed by atoms with E-state index >= 15 is 0 Å². The Balaban J connectivity index is 2.17. The zero-order valence-electron chi connectivity index (χ0n) is 18.8. The molecule has 5 heteroatoms. The van der Waals surface area contributed by atoms with E-state index < -0.39 is 5.62 Å². The summed E-state index contributed by atoms with van der Waals surface area (Å²) in [4.78, 5) is 4.36. The predicted molar refractivity (Wildman–Crippen MR) is 133 cm³/mol. The average Bonchev–Trinajstić information content (AvgIpc) is 3.44. The lowest BCUT2D eigenvalue weighted by molar-refractivity contribution is 0.379. The molecule has 0 radical (unpaired) electrons. The summed E-state index contributed by atoms with van der Waals surface area (Å²) in [5.74, 6) is 3.20. The third-order valence-corrected chi connectivity index (χ3v) is 6.82. The molecule has 0 aliphatic heterocycles. The largest absolute Gasteiger partial charge is 0.327 e. The van der Waals surface area contributed by atoms with Gasteiger partial charge in [-0.2, -0.15) is 0 Å². The van der Waals surface area contributed by atoms with Crippen LogP contribution in [0.3, 0.4) is 0 Å². The Morgan fingerprint density at radius 2 is 2.10 bits per heavy atom. The molecule has 0 bridgehead atoms. The van der Waals surface area contributed by atoms with Gasteiger partial charge in [0.15, 0.2) is 10.9 Å². The number of nitrogens with one attached hydrogen (secondary N) is 2. The molecule has 0 aromatic carbocycles. The van der Waals surface area contributed by atoms with Crippen molar-refractivity contribution in [1.82, 2.24) is 5.32 Å². The second-order valence-corrected chi connectivity index (χ2v) is 9.93. The minimum Gasteiger partial charge on any atom is -0.327 e. The van der Waals surface area contributed by atoms with E-state index in [2.05, 4.69) is 62.5 Å². The van der Waals surface area contributed by atoms with Crippen LogP contribution in [0.4, 0.5) is 0 Å². The van der Waals surface area contributed by atoms with Crippen LogP contribution in [0.25, 0.3) is 0 Å². The van der Waals surface area contributed by atoms with Crippen LogP contribution in [0.1, 0.15) is 59.8 Å². The highest BCUT2D eigenvalue weighted by molar-refractivity contribution is 6.64. The summed E-state index contributed by atoms with van der Waals surface area (Å²) in [5.41, 5.74) is 4.17. The fourth-order valence-corrected chi connectivity index (χ4v) is 4.94. The molecule has 2 aliphatic rings. The van der Waals surface area contributed by atoms with Gasteiger partial charge in [-0.05, 0) is 90.5 Å². The van der Waals surface area contributed by atoms with Gasteiger partial charge in [0.1, 0.15) is 0 Å². The van der Waals surface area contributed by atoms with Crippen molar-refractivity contribution in [1.29, 1.82) is 5.41 Å². The first-order valence-electron chi connectivity index (χ1n) is 11.0. The number of hydrogen-bond donors (Lipinski definition) is 2. The lowest BCUT2D eigenvalue weighted by Crippen LogP contribution is -2.25. The SMILES string of the molecule is C=CC(C)[C@@H](C)C[C@@H](C)/C(=C\C(=C)CC(C)=NC(Cl)NC(=N)Cl)C1=CCCC2C[C@@H]12. The van der Waals surface area contributed by atoms with Gasteiger partial charge < -0.3 is 5.32 Å². The molecule has 0 aromatic heterocycles. The van der Waals surface area contributed by atoms with Gasteiger partial charge in [0.2, 0.25) is 0 Å². The summed E-state index contributed by atoms with van der Waals surface area (Å²) in [5, 5.41) is 9.60. The fourth-order valence-electron chi connectivity index (χ4n) is 4.50. The number of rotatable bonds is 11. The summed E-state index contributed by atoms with van der Waals surface area (Å²) in [6, 6.07) is 0. The van der Waals surface area contributed by atoms with Crippen LogP contribution in [0, 0.1) is 35.0 Å². The van der Waals surface area contributed by atoms with Crippen LogP contribution in [-0.4, -0.2) is 16.6 Å². The molecule has 166 valence electrons. The van der Waals surface area contributed by atoms with Crippen molar-refractivity contribution in [2.75, 3.05) is 0 Å². The highest BCUT2D eigenvalue weighted by atomic mass is 35.5. The first-order chi connectivity index (χ1) is 14.1. The molecule has 0 saturated heterocycles. The summed E-state index contributed by atoms with van der Waals surface area (Å²) in [7, 11) is 0. The van der Waals surface area contributed by atoms with Gasteiger partial charge in [-0.3, -0.25) is 10.4 Å². The number of fused-ring (bicyclic) bond motifs is 1. The first-order valence-corrected chi connectivity index (χ1v) is 11.8. The van der Waals surface area contributed by atoms with E-state index in [1.807, 2.05) is 6.92 Å². The van der Waals surface area contributed by atoms with Crippen molar-refractivity contribution in [3.05, 3.63) is 48.1 Å². The quantitative estimate of drug-likeness (QED) is 0.0843. The van der Waals surface area contributed by atoms with Crippen molar-refractivity contribution in [2.24, 2.45) is 34.6 Å². The molecular formula is C25H37Cl2N3. The second-order valence-electron chi connectivity index (χ2n) is 9.14. The maximum Gasteiger partial charge on any atom is 0.196 e. The van der Waals surface area contributed by atoms with Crippen LogP contribution in [-0.2, 0) is 0 Å². The Hall–Kier alpha value is -1.32. The Morgan fingerprint density at radius 1 is 1.40 bits per heavy atom. The Labute approximate surface area is 192 Å². The monoisotopic (exact) mass is 449 g/mol. The number of allylic oxidation sites excluding steroid dienone is 6. The van der Waals surface area contributed by atoms with Gasteiger partial charge in [0, 0.05) is 12.1 Å². The van der Waals surface area contributed by atoms with Crippen molar-refractivity contribution in [3.8, 4) is 0 Å². The van der Waals surface area contributed by atoms with Gasteiger partial charge in [-0.25, -0.2) is 0 Å². The van der Waals surface area contributed by atoms with Gasteiger partial charge in [0.25, 0.3) is 0 Å². The van der Waals surface area contributed by atoms with Crippen molar-refractivity contribution < 1.29 is 0 Å². The minimum absolute atomic E-state index is 0.215. The van der Waals surface area contributed by atoms with Gasteiger partial charge >= 0.3 is 0 Å². The van der Waals surface area contributed by atoms with Crippen molar-refractivity contribution in [2.45, 2.75) is 65.4 Å². The van der Waals surface area contributed by atoms with E-state index in [9.17, 15) is 0 Å². The van der Waals surface area contributed by atoms with Crippen LogP contribution in [0.2, 0.25) is 0 Å². The van der Waals surface area contributed by atoms with Crippen LogP contribution >= 0.6 is 23.2 Å². The maximum absolute atomic E-state index is 7.25. The maximum atomic E-state index is 7.25.